The highest BCUT2D eigenvalue weighted by atomic mass is 16.3. The Kier molecular flexibility index (Phi) is 4.43. The third kappa shape index (κ3) is 4.01. The quantitative estimate of drug-likeness (QED) is 0.761. The second-order valence-corrected chi connectivity index (χ2v) is 5.38. The van der Waals surface area contributed by atoms with Gasteiger partial charge in [0.25, 0.3) is 0 Å². The van der Waals surface area contributed by atoms with E-state index in [-0.39, 0.29) is 11.7 Å². The van der Waals surface area contributed by atoms with Crippen molar-refractivity contribution < 1.29 is 9.90 Å². The first-order chi connectivity index (χ1) is 11.2. The van der Waals surface area contributed by atoms with Gasteiger partial charge in [-0.25, -0.2) is 0 Å². The number of carbonyl (C=O) groups is 1. The predicted octanol–water partition coefficient (Wildman–Crippen LogP) is 3.04. The van der Waals surface area contributed by atoms with Crippen LogP contribution < -0.4 is 5.32 Å². The Bertz CT molecular complexity index is 760. The molecule has 0 radical (unpaired) electrons. The monoisotopic (exact) mass is 306 g/mol. The lowest BCUT2D eigenvalue weighted by Crippen LogP contribution is -2.24. The van der Waals surface area contributed by atoms with Crippen LogP contribution in [0.3, 0.4) is 0 Å². The summed E-state index contributed by atoms with van der Waals surface area (Å²) in [6, 6.07) is 18.7. The molecule has 3 rings (SSSR count). The molecule has 0 bridgehead atoms. The fourth-order valence-corrected chi connectivity index (χ4v) is 2.35. The number of benzene rings is 2. The molecule has 1 amide bonds. The molecule has 116 valence electrons. The third-order valence-corrected chi connectivity index (χ3v) is 3.63. The Morgan fingerprint density at radius 2 is 1.52 bits per heavy atom. The Balaban J connectivity index is 1.54. The largest absolute Gasteiger partial charge is 0.508 e. The van der Waals surface area contributed by atoms with Crippen molar-refractivity contribution in [1.82, 2.24) is 9.88 Å². The molecule has 1 heterocycles. The van der Waals surface area contributed by atoms with Gasteiger partial charge in [0.2, 0.25) is 5.91 Å². The highest BCUT2D eigenvalue weighted by molar-refractivity contribution is 5.78. The lowest BCUT2D eigenvalue weighted by atomic mass is 10.1. The Morgan fingerprint density at radius 1 is 0.913 bits per heavy atom. The van der Waals surface area contributed by atoms with E-state index in [1.165, 1.54) is 0 Å². The number of hydrogen-bond acceptors (Lipinski definition) is 2. The van der Waals surface area contributed by atoms with Crippen molar-refractivity contribution in [3.63, 3.8) is 0 Å². The normalized spacial score (nSPS) is 10.4. The van der Waals surface area contributed by atoms with Gasteiger partial charge < -0.3 is 15.0 Å². The molecule has 1 aromatic heterocycles. The summed E-state index contributed by atoms with van der Waals surface area (Å²) in [4.78, 5) is 12.0. The number of aromatic hydroxyl groups is 1. The van der Waals surface area contributed by atoms with Crippen LogP contribution in [0.25, 0.3) is 5.69 Å². The topological polar surface area (TPSA) is 54.3 Å². The van der Waals surface area contributed by atoms with E-state index in [0.29, 0.717) is 13.0 Å². The molecule has 2 N–H and O–H groups in total. The van der Waals surface area contributed by atoms with Crippen molar-refractivity contribution in [2.24, 2.45) is 0 Å². The molecule has 0 spiro atoms. The van der Waals surface area contributed by atoms with Crippen LogP contribution in [0.1, 0.15) is 11.1 Å². The summed E-state index contributed by atoms with van der Waals surface area (Å²) in [5.41, 5.74) is 3.01. The summed E-state index contributed by atoms with van der Waals surface area (Å²) < 4.78 is 2.02. The maximum Gasteiger partial charge on any atom is 0.224 e. The van der Waals surface area contributed by atoms with Gasteiger partial charge in [-0.15, -0.1) is 0 Å². The van der Waals surface area contributed by atoms with Crippen molar-refractivity contribution >= 4 is 5.91 Å². The van der Waals surface area contributed by atoms with Crippen molar-refractivity contribution in [3.05, 3.63) is 84.2 Å². The van der Waals surface area contributed by atoms with Crippen LogP contribution in [0.4, 0.5) is 0 Å². The number of phenols is 1. The van der Waals surface area contributed by atoms with Gasteiger partial charge in [0.05, 0.1) is 6.42 Å². The molecule has 0 unspecified atom stereocenters. The Labute approximate surface area is 135 Å². The summed E-state index contributed by atoms with van der Waals surface area (Å²) >= 11 is 0. The summed E-state index contributed by atoms with van der Waals surface area (Å²) in [6.45, 7) is 0.459. The first kappa shape index (κ1) is 14.9. The highest BCUT2D eigenvalue weighted by Crippen LogP contribution is 2.11. The van der Waals surface area contributed by atoms with E-state index in [0.717, 1.165) is 16.8 Å². The molecule has 0 saturated carbocycles. The van der Waals surface area contributed by atoms with Gasteiger partial charge in [-0.1, -0.05) is 24.3 Å². The number of hydrogen-bond donors (Lipinski definition) is 2. The summed E-state index contributed by atoms with van der Waals surface area (Å²) in [5, 5.41) is 12.1. The number of rotatable bonds is 5. The first-order valence-corrected chi connectivity index (χ1v) is 7.47. The van der Waals surface area contributed by atoms with E-state index in [9.17, 15) is 9.90 Å². The Hall–Kier alpha value is -3.01. The lowest BCUT2D eigenvalue weighted by Gasteiger charge is -2.07. The standard InChI is InChI=1S/C19H18N2O2/c22-18-9-5-16(6-10-18)14-20-19(23)13-15-3-7-17(8-4-15)21-11-1-2-12-21/h1-12,22H,13-14H2,(H,20,23). The molecule has 23 heavy (non-hydrogen) atoms. The summed E-state index contributed by atoms with van der Waals surface area (Å²) in [6.07, 6.45) is 4.32. The molecule has 4 heteroatoms. The average molecular weight is 306 g/mol. The van der Waals surface area contributed by atoms with Crippen LogP contribution >= 0.6 is 0 Å². The minimum absolute atomic E-state index is 0.0215. The molecule has 0 atom stereocenters. The Morgan fingerprint density at radius 3 is 2.17 bits per heavy atom. The van der Waals surface area contributed by atoms with Gasteiger partial charge in [0.15, 0.2) is 0 Å². The molecule has 2 aromatic carbocycles. The maximum absolute atomic E-state index is 12.0. The molecule has 0 saturated heterocycles. The fourth-order valence-electron chi connectivity index (χ4n) is 2.35. The van der Waals surface area contributed by atoms with E-state index >= 15 is 0 Å². The molecule has 3 aromatic rings. The van der Waals surface area contributed by atoms with E-state index in [2.05, 4.69) is 5.32 Å². The van der Waals surface area contributed by atoms with Gasteiger partial charge in [-0.3, -0.25) is 4.79 Å². The zero-order valence-corrected chi connectivity index (χ0v) is 12.6. The van der Waals surface area contributed by atoms with Gasteiger partial charge in [0, 0.05) is 24.6 Å². The minimum Gasteiger partial charge on any atom is -0.508 e. The van der Waals surface area contributed by atoms with Crippen molar-refractivity contribution in [2.45, 2.75) is 13.0 Å². The zero-order valence-electron chi connectivity index (χ0n) is 12.6. The lowest BCUT2D eigenvalue weighted by molar-refractivity contribution is -0.120. The SMILES string of the molecule is O=C(Cc1ccc(-n2cccc2)cc1)NCc1ccc(O)cc1. The van der Waals surface area contributed by atoms with Crippen molar-refractivity contribution in [1.29, 1.82) is 0 Å². The summed E-state index contributed by atoms with van der Waals surface area (Å²) in [7, 11) is 0. The van der Waals surface area contributed by atoms with Crippen LogP contribution in [0.15, 0.2) is 73.1 Å². The predicted molar refractivity (Wildman–Crippen MR) is 89.4 cm³/mol. The van der Waals surface area contributed by atoms with Crippen LogP contribution in [-0.4, -0.2) is 15.6 Å². The number of aromatic nitrogens is 1. The summed E-state index contributed by atoms with van der Waals surface area (Å²) in [5.74, 6) is 0.203. The number of nitrogens with zero attached hydrogens (tertiary/aromatic N) is 1. The second kappa shape index (κ2) is 6.83. The average Bonchev–Trinajstić information content (AvgIpc) is 3.09. The van der Waals surface area contributed by atoms with E-state index in [4.69, 9.17) is 0 Å². The number of carbonyl (C=O) groups excluding carboxylic acids is 1. The van der Waals surface area contributed by atoms with Crippen LogP contribution in [0.5, 0.6) is 5.75 Å². The third-order valence-electron chi connectivity index (χ3n) is 3.63. The highest BCUT2D eigenvalue weighted by Gasteiger charge is 2.04. The van der Waals surface area contributed by atoms with Gasteiger partial charge in [-0.2, -0.15) is 0 Å². The van der Waals surface area contributed by atoms with E-state index in [1.54, 1.807) is 24.3 Å². The van der Waals surface area contributed by atoms with Gasteiger partial charge in [0.1, 0.15) is 5.75 Å². The van der Waals surface area contributed by atoms with Crippen LogP contribution in [0.2, 0.25) is 0 Å². The van der Waals surface area contributed by atoms with Crippen LogP contribution in [-0.2, 0) is 17.8 Å². The van der Waals surface area contributed by atoms with Crippen molar-refractivity contribution in [2.75, 3.05) is 0 Å². The number of nitrogens with one attached hydrogen (secondary N) is 1. The molecule has 0 aliphatic carbocycles. The van der Waals surface area contributed by atoms with E-state index < -0.39 is 0 Å². The number of phenolic OH excluding ortho intramolecular Hbond substituents is 1. The molecule has 4 nitrogen and oxygen atoms in total. The van der Waals surface area contributed by atoms with Crippen molar-refractivity contribution in [3.8, 4) is 11.4 Å². The molecule has 0 aliphatic rings. The molecule has 0 aliphatic heterocycles. The second-order valence-electron chi connectivity index (χ2n) is 5.38. The van der Waals surface area contributed by atoms with Gasteiger partial charge in [-0.05, 0) is 47.5 Å². The number of amides is 1. The van der Waals surface area contributed by atoms with Crippen LogP contribution in [0, 0.1) is 0 Å². The smallest absolute Gasteiger partial charge is 0.224 e. The zero-order chi connectivity index (χ0) is 16.1. The van der Waals surface area contributed by atoms with E-state index in [1.807, 2.05) is 53.4 Å². The fraction of sp³-hybridized carbons (Fsp3) is 0.105. The first-order valence-electron chi connectivity index (χ1n) is 7.47. The molecule has 0 fully saturated rings. The maximum atomic E-state index is 12.0. The minimum atomic E-state index is -0.0215. The molecular formula is C19H18N2O2. The molecular weight excluding hydrogens is 288 g/mol. The van der Waals surface area contributed by atoms with Gasteiger partial charge >= 0.3 is 0 Å².